The van der Waals surface area contributed by atoms with Gasteiger partial charge in [-0.3, -0.25) is 0 Å². The van der Waals surface area contributed by atoms with E-state index in [0.29, 0.717) is 0 Å². The summed E-state index contributed by atoms with van der Waals surface area (Å²) in [4.78, 5) is 0. The van der Waals surface area contributed by atoms with Crippen molar-refractivity contribution >= 4 is 0 Å². The summed E-state index contributed by atoms with van der Waals surface area (Å²) in [6.45, 7) is -1.10. The quantitative estimate of drug-likeness (QED) is 0.243. The Morgan fingerprint density at radius 1 is 0.652 bits per heavy atom. The fourth-order valence-corrected chi connectivity index (χ4v) is 2.46. The predicted octanol–water partition coefficient (Wildman–Crippen LogP) is -5.40. The van der Waals surface area contributed by atoms with Crippen LogP contribution in [-0.2, 0) is 14.2 Å². The van der Waals surface area contributed by atoms with Gasteiger partial charge in [-0.15, -0.1) is 0 Å². The second kappa shape index (κ2) is 7.63. The highest BCUT2D eigenvalue weighted by atomic mass is 16.7. The van der Waals surface area contributed by atoms with Crippen molar-refractivity contribution in [3.8, 4) is 0 Å². The number of aliphatic hydroxyl groups is 8. The molecule has 0 radical (unpaired) electrons. The van der Waals surface area contributed by atoms with E-state index in [2.05, 4.69) is 0 Å². The zero-order chi connectivity index (χ0) is 17.3. The molecule has 0 spiro atoms. The minimum atomic E-state index is -1.74. The Bertz CT molecular complexity index is 380. The van der Waals surface area contributed by atoms with Gasteiger partial charge in [0.1, 0.15) is 48.8 Å². The molecule has 0 unspecified atom stereocenters. The summed E-state index contributed by atoms with van der Waals surface area (Å²) in [7, 11) is 0. The van der Waals surface area contributed by atoms with E-state index in [1.807, 2.05) is 0 Å². The van der Waals surface area contributed by atoms with Crippen LogP contribution in [0.15, 0.2) is 0 Å². The molecule has 2 saturated heterocycles. The molecule has 0 aromatic carbocycles. The molecule has 2 heterocycles. The van der Waals surface area contributed by atoms with Crippen LogP contribution in [0.5, 0.6) is 0 Å². The average Bonchev–Trinajstić information content (AvgIpc) is 2.54. The molecule has 10 atom stereocenters. The lowest BCUT2D eigenvalue weighted by molar-refractivity contribution is -0.325. The maximum absolute atomic E-state index is 9.78. The van der Waals surface area contributed by atoms with Crippen molar-refractivity contribution in [2.75, 3.05) is 13.2 Å². The van der Waals surface area contributed by atoms with Gasteiger partial charge in [0.2, 0.25) is 0 Å². The van der Waals surface area contributed by atoms with E-state index in [9.17, 15) is 35.7 Å². The molecule has 0 amide bonds. The monoisotopic (exact) mass is 342 g/mol. The zero-order valence-electron chi connectivity index (χ0n) is 12.0. The van der Waals surface area contributed by atoms with E-state index in [0.717, 1.165) is 0 Å². The topological polar surface area (TPSA) is 190 Å². The normalized spacial score (nSPS) is 51.7. The number of hydrogen-bond donors (Lipinski definition) is 8. The van der Waals surface area contributed by atoms with E-state index in [-0.39, 0.29) is 0 Å². The summed E-state index contributed by atoms with van der Waals surface area (Å²) >= 11 is 0. The third kappa shape index (κ3) is 3.81. The maximum atomic E-state index is 9.78. The van der Waals surface area contributed by atoms with Gasteiger partial charge in [-0.2, -0.15) is 0 Å². The lowest BCUT2D eigenvalue weighted by atomic mass is 9.98. The highest BCUT2D eigenvalue weighted by Gasteiger charge is 2.46. The Morgan fingerprint density at radius 3 is 1.83 bits per heavy atom. The molecule has 11 nitrogen and oxygen atoms in total. The zero-order valence-corrected chi connectivity index (χ0v) is 12.0. The van der Waals surface area contributed by atoms with Crippen molar-refractivity contribution in [3.05, 3.63) is 0 Å². The number of aliphatic hydroxyl groups excluding tert-OH is 8. The SMILES string of the molecule is OC[C@H]1O[C@H](OC[C@H]2O[C@H](O)[C@@H](O)[C@@H](O)[C@@H]2O)[C@@H](O)[C@@H](O)[C@H]1O. The lowest BCUT2D eigenvalue weighted by Gasteiger charge is -2.41. The maximum Gasteiger partial charge on any atom is 0.186 e. The van der Waals surface area contributed by atoms with Gasteiger partial charge in [0.25, 0.3) is 0 Å². The Hall–Kier alpha value is -0.440. The molecule has 0 aromatic rings. The van der Waals surface area contributed by atoms with Crippen molar-refractivity contribution in [3.63, 3.8) is 0 Å². The summed E-state index contributed by atoms with van der Waals surface area (Å²) in [5, 5.41) is 76.1. The minimum absolute atomic E-state index is 0.468. The van der Waals surface area contributed by atoms with E-state index in [1.165, 1.54) is 0 Å². The van der Waals surface area contributed by atoms with E-state index in [1.54, 1.807) is 0 Å². The van der Waals surface area contributed by atoms with Crippen LogP contribution in [0, 0.1) is 0 Å². The standard InChI is InChI=1S/C12H22O11/c13-1-3-5(14)8(17)10(19)12(23-3)21-2-4-6(15)7(16)9(18)11(20)22-4/h3-20H,1-2H2/t3-,4-,5+,6-,7+,8+,9+,10+,11+,12+/m1/s1. The second-order valence-corrected chi connectivity index (χ2v) is 5.57. The van der Waals surface area contributed by atoms with Crippen LogP contribution in [0.25, 0.3) is 0 Å². The smallest absolute Gasteiger partial charge is 0.186 e. The largest absolute Gasteiger partial charge is 0.394 e. The summed E-state index contributed by atoms with van der Waals surface area (Å²) in [6, 6.07) is 0. The Balaban J connectivity index is 1.94. The predicted molar refractivity (Wildman–Crippen MR) is 68.6 cm³/mol. The molecule has 0 aromatic heterocycles. The molecule has 2 aliphatic heterocycles. The highest BCUT2D eigenvalue weighted by Crippen LogP contribution is 2.24. The molecular weight excluding hydrogens is 320 g/mol. The van der Waals surface area contributed by atoms with Gasteiger partial charge < -0.3 is 55.1 Å². The van der Waals surface area contributed by atoms with Crippen molar-refractivity contribution in [2.24, 2.45) is 0 Å². The number of ether oxygens (including phenoxy) is 3. The molecule has 8 N–H and O–H groups in total. The summed E-state index contributed by atoms with van der Waals surface area (Å²) in [5.41, 5.74) is 0. The first kappa shape index (κ1) is 18.9. The van der Waals surface area contributed by atoms with Crippen molar-refractivity contribution in [1.82, 2.24) is 0 Å². The number of hydrogen-bond acceptors (Lipinski definition) is 11. The molecule has 136 valence electrons. The van der Waals surface area contributed by atoms with E-state index < -0.39 is 74.6 Å². The first-order chi connectivity index (χ1) is 10.8. The molecule has 0 bridgehead atoms. The second-order valence-electron chi connectivity index (χ2n) is 5.57. The first-order valence-corrected chi connectivity index (χ1v) is 7.07. The molecule has 23 heavy (non-hydrogen) atoms. The van der Waals surface area contributed by atoms with Crippen LogP contribution in [0.1, 0.15) is 0 Å². The Kier molecular flexibility index (Phi) is 6.27. The minimum Gasteiger partial charge on any atom is -0.394 e. The van der Waals surface area contributed by atoms with Crippen LogP contribution in [0.2, 0.25) is 0 Å². The molecule has 11 heteroatoms. The fourth-order valence-electron chi connectivity index (χ4n) is 2.46. The van der Waals surface area contributed by atoms with Gasteiger partial charge in [0.05, 0.1) is 13.2 Å². The van der Waals surface area contributed by atoms with Crippen molar-refractivity contribution in [2.45, 2.75) is 61.4 Å². The first-order valence-electron chi connectivity index (χ1n) is 7.07. The van der Waals surface area contributed by atoms with Gasteiger partial charge in [-0.25, -0.2) is 0 Å². The van der Waals surface area contributed by atoms with E-state index in [4.69, 9.17) is 19.3 Å². The summed E-state index contributed by atoms with van der Waals surface area (Å²) in [6.07, 6.45) is -15.3. The van der Waals surface area contributed by atoms with Crippen LogP contribution in [0.3, 0.4) is 0 Å². The van der Waals surface area contributed by atoms with Gasteiger partial charge in [-0.1, -0.05) is 0 Å². The van der Waals surface area contributed by atoms with Crippen LogP contribution in [0.4, 0.5) is 0 Å². The molecule has 2 fully saturated rings. The van der Waals surface area contributed by atoms with Gasteiger partial charge in [0.15, 0.2) is 12.6 Å². The molecule has 2 aliphatic rings. The molecule has 0 saturated carbocycles. The van der Waals surface area contributed by atoms with Crippen LogP contribution < -0.4 is 0 Å². The molecule has 2 rings (SSSR count). The third-order valence-electron chi connectivity index (χ3n) is 3.96. The van der Waals surface area contributed by atoms with E-state index >= 15 is 0 Å². The van der Waals surface area contributed by atoms with Gasteiger partial charge in [-0.05, 0) is 0 Å². The van der Waals surface area contributed by atoms with Crippen molar-refractivity contribution in [1.29, 1.82) is 0 Å². The third-order valence-corrected chi connectivity index (χ3v) is 3.96. The van der Waals surface area contributed by atoms with Gasteiger partial charge in [0, 0.05) is 0 Å². The van der Waals surface area contributed by atoms with Crippen molar-refractivity contribution < 1.29 is 55.1 Å². The molecular formula is C12H22O11. The average molecular weight is 342 g/mol. The Morgan fingerprint density at radius 2 is 1.22 bits per heavy atom. The van der Waals surface area contributed by atoms with Crippen LogP contribution >= 0.6 is 0 Å². The molecule has 0 aliphatic carbocycles. The van der Waals surface area contributed by atoms with Gasteiger partial charge >= 0.3 is 0 Å². The highest BCUT2D eigenvalue weighted by molar-refractivity contribution is 4.91. The van der Waals surface area contributed by atoms with Crippen LogP contribution in [-0.4, -0.2) is 115 Å². The number of rotatable bonds is 4. The summed E-state index contributed by atoms with van der Waals surface area (Å²) in [5.74, 6) is 0. The lowest BCUT2D eigenvalue weighted by Crippen LogP contribution is -2.61. The fraction of sp³-hybridized carbons (Fsp3) is 1.00. The Labute approximate surface area is 130 Å². The summed E-state index contributed by atoms with van der Waals surface area (Å²) < 4.78 is 15.1.